The Labute approximate surface area is 111 Å². The van der Waals surface area contributed by atoms with E-state index in [0.717, 1.165) is 23.7 Å². The Balaban J connectivity index is 1.89. The second-order valence-electron chi connectivity index (χ2n) is 5.22. The number of aromatic nitrogens is 2. The van der Waals surface area contributed by atoms with E-state index in [9.17, 15) is 9.90 Å². The number of aliphatic hydroxyl groups is 1. The molecule has 1 aliphatic rings. The van der Waals surface area contributed by atoms with E-state index in [1.807, 2.05) is 12.1 Å². The Bertz CT molecular complexity index is 612. The minimum absolute atomic E-state index is 0.0201. The van der Waals surface area contributed by atoms with Gasteiger partial charge in [-0.15, -0.1) is 0 Å². The molecule has 3 N–H and O–H groups in total. The maximum atomic E-state index is 12.5. The van der Waals surface area contributed by atoms with E-state index in [2.05, 4.69) is 5.10 Å². The summed E-state index contributed by atoms with van der Waals surface area (Å²) in [6.45, 7) is 0. The molecule has 0 spiro atoms. The SMILES string of the molecule is Nc1ccc2c(cnn2C(=O)C2CCC(O)CC2)c1. The highest BCUT2D eigenvalue weighted by Crippen LogP contribution is 2.27. The smallest absolute Gasteiger partial charge is 0.250 e. The van der Waals surface area contributed by atoms with Gasteiger partial charge in [-0.05, 0) is 43.9 Å². The van der Waals surface area contributed by atoms with Crippen LogP contribution in [0.4, 0.5) is 5.69 Å². The van der Waals surface area contributed by atoms with Gasteiger partial charge < -0.3 is 10.8 Å². The molecule has 2 aromatic rings. The van der Waals surface area contributed by atoms with Crippen molar-refractivity contribution in [2.45, 2.75) is 31.8 Å². The van der Waals surface area contributed by atoms with Crippen LogP contribution in [0.15, 0.2) is 24.4 Å². The molecule has 1 aromatic carbocycles. The average Bonchev–Trinajstić information content (AvgIpc) is 2.81. The molecule has 1 aliphatic carbocycles. The van der Waals surface area contributed by atoms with E-state index in [0.29, 0.717) is 18.5 Å². The number of aliphatic hydroxyl groups excluding tert-OH is 1. The number of hydrogen-bond donors (Lipinski definition) is 2. The summed E-state index contributed by atoms with van der Waals surface area (Å²) >= 11 is 0. The fraction of sp³-hybridized carbons (Fsp3) is 0.429. The second kappa shape index (κ2) is 4.66. The zero-order valence-corrected chi connectivity index (χ0v) is 10.6. The molecule has 100 valence electrons. The number of carbonyl (C=O) groups is 1. The Kier molecular flexibility index (Phi) is 2.98. The van der Waals surface area contributed by atoms with Crippen LogP contribution in [0.2, 0.25) is 0 Å². The normalized spacial score (nSPS) is 23.6. The first-order valence-electron chi connectivity index (χ1n) is 6.60. The zero-order valence-electron chi connectivity index (χ0n) is 10.6. The first-order chi connectivity index (χ1) is 9.15. The van der Waals surface area contributed by atoms with Crippen molar-refractivity contribution in [3.05, 3.63) is 24.4 Å². The number of nitrogen functional groups attached to an aromatic ring is 1. The highest BCUT2D eigenvalue weighted by molar-refractivity contribution is 5.93. The molecule has 0 aliphatic heterocycles. The highest BCUT2D eigenvalue weighted by Gasteiger charge is 2.27. The first-order valence-corrected chi connectivity index (χ1v) is 6.60. The lowest BCUT2D eigenvalue weighted by molar-refractivity contribution is 0.0678. The van der Waals surface area contributed by atoms with Crippen molar-refractivity contribution in [1.29, 1.82) is 0 Å². The Hall–Kier alpha value is -1.88. The van der Waals surface area contributed by atoms with Gasteiger partial charge in [-0.25, -0.2) is 0 Å². The number of benzene rings is 1. The molecular formula is C14H17N3O2. The van der Waals surface area contributed by atoms with Crippen LogP contribution in [-0.2, 0) is 0 Å². The minimum Gasteiger partial charge on any atom is -0.399 e. The molecule has 0 unspecified atom stereocenters. The van der Waals surface area contributed by atoms with Gasteiger partial charge in [0, 0.05) is 17.0 Å². The monoisotopic (exact) mass is 259 g/mol. The molecule has 3 rings (SSSR count). The predicted octanol–water partition coefficient (Wildman–Crippen LogP) is 1.81. The van der Waals surface area contributed by atoms with Crippen LogP contribution in [0.25, 0.3) is 10.9 Å². The van der Waals surface area contributed by atoms with Gasteiger partial charge in [-0.3, -0.25) is 4.79 Å². The number of nitrogens with zero attached hydrogens (tertiary/aromatic N) is 2. The summed E-state index contributed by atoms with van der Waals surface area (Å²) in [5.41, 5.74) is 7.18. The zero-order chi connectivity index (χ0) is 13.4. The van der Waals surface area contributed by atoms with Crippen molar-refractivity contribution in [1.82, 2.24) is 9.78 Å². The van der Waals surface area contributed by atoms with Gasteiger partial charge in [0.1, 0.15) is 0 Å². The topological polar surface area (TPSA) is 81.1 Å². The van der Waals surface area contributed by atoms with Gasteiger partial charge in [-0.2, -0.15) is 9.78 Å². The van der Waals surface area contributed by atoms with Crippen molar-refractivity contribution in [3.8, 4) is 0 Å². The molecule has 0 saturated heterocycles. The highest BCUT2D eigenvalue weighted by atomic mass is 16.3. The van der Waals surface area contributed by atoms with E-state index < -0.39 is 0 Å². The molecule has 1 fully saturated rings. The van der Waals surface area contributed by atoms with Crippen LogP contribution in [0.3, 0.4) is 0 Å². The van der Waals surface area contributed by atoms with Crippen molar-refractivity contribution >= 4 is 22.5 Å². The summed E-state index contributed by atoms with van der Waals surface area (Å²) in [7, 11) is 0. The molecule has 0 atom stereocenters. The fourth-order valence-electron chi connectivity index (χ4n) is 2.72. The summed E-state index contributed by atoms with van der Waals surface area (Å²) in [6, 6.07) is 5.42. The lowest BCUT2D eigenvalue weighted by Gasteiger charge is -2.24. The third-order valence-corrected chi connectivity index (χ3v) is 3.85. The van der Waals surface area contributed by atoms with Gasteiger partial charge in [0.15, 0.2) is 0 Å². The molecule has 1 aromatic heterocycles. The minimum atomic E-state index is -0.252. The van der Waals surface area contributed by atoms with E-state index in [4.69, 9.17) is 5.73 Å². The second-order valence-corrected chi connectivity index (χ2v) is 5.22. The number of nitrogens with two attached hydrogens (primary N) is 1. The van der Waals surface area contributed by atoms with Crippen LogP contribution in [0.1, 0.15) is 30.5 Å². The molecule has 5 heteroatoms. The number of hydrogen-bond acceptors (Lipinski definition) is 4. The number of fused-ring (bicyclic) bond motifs is 1. The number of anilines is 1. The lowest BCUT2D eigenvalue weighted by Crippen LogP contribution is -2.28. The van der Waals surface area contributed by atoms with E-state index in [1.54, 1.807) is 12.3 Å². The van der Waals surface area contributed by atoms with E-state index >= 15 is 0 Å². The van der Waals surface area contributed by atoms with Crippen molar-refractivity contribution in [2.75, 3.05) is 5.73 Å². The largest absolute Gasteiger partial charge is 0.399 e. The summed E-state index contributed by atoms with van der Waals surface area (Å²) in [6.07, 6.45) is 4.28. The molecule has 5 nitrogen and oxygen atoms in total. The summed E-state index contributed by atoms with van der Waals surface area (Å²) in [4.78, 5) is 12.5. The van der Waals surface area contributed by atoms with Crippen LogP contribution in [-0.4, -0.2) is 26.9 Å². The number of carbonyl (C=O) groups excluding carboxylic acids is 1. The van der Waals surface area contributed by atoms with Crippen LogP contribution < -0.4 is 5.73 Å². The van der Waals surface area contributed by atoms with Crippen LogP contribution >= 0.6 is 0 Å². The maximum absolute atomic E-state index is 12.5. The summed E-state index contributed by atoms with van der Waals surface area (Å²) < 4.78 is 1.47. The molecule has 0 radical (unpaired) electrons. The Morgan fingerprint density at radius 2 is 2.05 bits per heavy atom. The van der Waals surface area contributed by atoms with Gasteiger partial charge >= 0.3 is 0 Å². The molecule has 1 saturated carbocycles. The van der Waals surface area contributed by atoms with Crippen molar-refractivity contribution < 1.29 is 9.90 Å². The molecule has 1 heterocycles. The fourth-order valence-corrected chi connectivity index (χ4v) is 2.72. The third-order valence-electron chi connectivity index (χ3n) is 3.85. The first kappa shape index (κ1) is 12.2. The van der Waals surface area contributed by atoms with Crippen LogP contribution in [0, 0.1) is 5.92 Å². The molecule has 0 amide bonds. The quantitative estimate of drug-likeness (QED) is 0.765. The maximum Gasteiger partial charge on any atom is 0.250 e. The van der Waals surface area contributed by atoms with Gasteiger partial charge in [0.05, 0.1) is 17.8 Å². The van der Waals surface area contributed by atoms with E-state index in [-0.39, 0.29) is 17.9 Å². The van der Waals surface area contributed by atoms with Crippen molar-refractivity contribution in [2.24, 2.45) is 5.92 Å². The summed E-state index contributed by atoms with van der Waals surface area (Å²) in [5, 5.41) is 14.6. The Morgan fingerprint density at radius 3 is 2.79 bits per heavy atom. The van der Waals surface area contributed by atoms with Crippen LogP contribution in [0.5, 0.6) is 0 Å². The lowest BCUT2D eigenvalue weighted by atomic mass is 9.87. The number of rotatable bonds is 1. The average molecular weight is 259 g/mol. The molecular weight excluding hydrogens is 242 g/mol. The van der Waals surface area contributed by atoms with Gasteiger partial charge in [0.2, 0.25) is 0 Å². The van der Waals surface area contributed by atoms with Gasteiger partial charge in [-0.1, -0.05) is 0 Å². The molecule has 0 bridgehead atoms. The summed E-state index contributed by atoms with van der Waals surface area (Å²) in [5.74, 6) is -0.0178. The predicted molar refractivity (Wildman–Crippen MR) is 72.7 cm³/mol. The standard InChI is InChI=1S/C14H17N3O2/c15-11-3-6-13-10(7-11)8-16-17(13)14(19)9-1-4-12(18)5-2-9/h3,6-9,12,18H,1-2,4-5,15H2. The molecule has 19 heavy (non-hydrogen) atoms. The Morgan fingerprint density at radius 1 is 1.32 bits per heavy atom. The third kappa shape index (κ3) is 2.21. The van der Waals surface area contributed by atoms with E-state index in [1.165, 1.54) is 4.68 Å². The van der Waals surface area contributed by atoms with Crippen molar-refractivity contribution in [3.63, 3.8) is 0 Å². The van der Waals surface area contributed by atoms with Gasteiger partial charge in [0.25, 0.3) is 5.91 Å².